The molecule has 2 atom stereocenters. The Balaban J connectivity index is 2.80. The van der Waals surface area contributed by atoms with Crippen molar-refractivity contribution >= 4 is 27.8 Å². The molecule has 0 amide bonds. The van der Waals surface area contributed by atoms with Crippen LogP contribution < -0.4 is 10.6 Å². The SMILES string of the molecule is CC(C)Pc1ccccc1PC(C)C. The van der Waals surface area contributed by atoms with Gasteiger partial charge < -0.3 is 0 Å². The maximum Gasteiger partial charge on any atom is -0.0195 e. The first-order valence-electron chi connectivity index (χ1n) is 5.21. The molecule has 0 nitrogen and oxygen atoms in total. The zero-order valence-electron chi connectivity index (χ0n) is 9.46. The van der Waals surface area contributed by atoms with Crippen molar-refractivity contribution in [1.29, 1.82) is 0 Å². The molecule has 1 aromatic carbocycles. The summed E-state index contributed by atoms with van der Waals surface area (Å²) in [4.78, 5) is 0. The lowest BCUT2D eigenvalue weighted by molar-refractivity contribution is 1.11. The fraction of sp³-hybridized carbons (Fsp3) is 0.500. The van der Waals surface area contributed by atoms with E-state index in [0.717, 1.165) is 28.5 Å². The Labute approximate surface area is 91.5 Å². The van der Waals surface area contributed by atoms with Gasteiger partial charge in [0.25, 0.3) is 0 Å². The van der Waals surface area contributed by atoms with Crippen LogP contribution in [0.25, 0.3) is 0 Å². The van der Waals surface area contributed by atoms with Crippen LogP contribution in [0.4, 0.5) is 0 Å². The fourth-order valence-corrected chi connectivity index (χ4v) is 3.90. The molecule has 2 unspecified atom stereocenters. The highest BCUT2D eigenvalue weighted by Gasteiger charge is 2.05. The Hall–Kier alpha value is 0.0800. The maximum atomic E-state index is 2.30. The van der Waals surface area contributed by atoms with Crippen LogP contribution in [0.3, 0.4) is 0 Å². The molecule has 1 rings (SSSR count). The molecular formula is C12H20P2. The molecule has 1 aromatic rings. The van der Waals surface area contributed by atoms with E-state index in [9.17, 15) is 0 Å². The predicted octanol–water partition coefficient (Wildman–Crippen LogP) is 3.11. The van der Waals surface area contributed by atoms with Crippen molar-refractivity contribution in [3.63, 3.8) is 0 Å². The smallest absolute Gasteiger partial charge is 0.0195 e. The minimum atomic E-state index is 0.785. The Morgan fingerprint density at radius 1 is 0.786 bits per heavy atom. The third-order valence-electron chi connectivity index (χ3n) is 1.82. The van der Waals surface area contributed by atoms with Gasteiger partial charge >= 0.3 is 0 Å². The minimum absolute atomic E-state index is 0.785. The lowest BCUT2D eigenvalue weighted by Crippen LogP contribution is -2.18. The fourth-order valence-electron chi connectivity index (χ4n) is 1.36. The first-order valence-corrected chi connectivity index (χ1v) is 7.37. The van der Waals surface area contributed by atoms with Gasteiger partial charge in [0.2, 0.25) is 0 Å². The van der Waals surface area contributed by atoms with Crippen molar-refractivity contribution in [2.45, 2.75) is 39.0 Å². The molecule has 0 aromatic heterocycles. The molecule has 0 bridgehead atoms. The van der Waals surface area contributed by atoms with E-state index in [4.69, 9.17) is 0 Å². The van der Waals surface area contributed by atoms with Gasteiger partial charge in [-0.25, -0.2) is 0 Å². The second-order valence-electron chi connectivity index (χ2n) is 4.14. The van der Waals surface area contributed by atoms with Crippen LogP contribution in [0.5, 0.6) is 0 Å². The molecular weight excluding hydrogens is 206 g/mol. The molecule has 0 heterocycles. The van der Waals surface area contributed by atoms with Crippen molar-refractivity contribution in [2.75, 3.05) is 0 Å². The largest absolute Gasteiger partial charge is 0.0871 e. The molecule has 0 N–H and O–H groups in total. The van der Waals surface area contributed by atoms with Gasteiger partial charge in [-0.15, -0.1) is 0 Å². The van der Waals surface area contributed by atoms with Crippen LogP contribution in [0.1, 0.15) is 27.7 Å². The summed E-state index contributed by atoms with van der Waals surface area (Å²) in [6, 6.07) is 8.92. The molecule has 0 aliphatic carbocycles. The zero-order valence-corrected chi connectivity index (χ0v) is 11.5. The van der Waals surface area contributed by atoms with E-state index in [1.807, 2.05) is 0 Å². The molecule has 0 radical (unpaired) electrons. The van der Waals surface area contributed by atoms with Gasteiger partial charge in [-0.05, 0) is 21.9 Å². The lowest BCUT2D eigenvalue weighted by atomic mass is 10.4. The van der Waals surface area contributed by atoms with Crippen LogP contribution >= 0.6 is 17.2 Å². The number of hydrogen-bond donors (Lipinski definition) is 0. The van der Waals surface area contributed by atoms with E-state index < -0.39 is 0 Å². The second kappa shape index (κ2) is 5.84. The first kappa shape index (κ1) is 12.2. The average molecular weight is 226 g/mol. The van der Waals surface area contributed by atoms with E-state index in [1.165, 1.54) is 0 Å². The van der Waals surface area contributed by atoms with Crippen molar-refractivity contribution in [3.05, 3.63) is 24.3 Å². The summed E-state index contributed by atoms with van der Waals surface area (Å²) in [6.45, 7) is 9.20. The minimum Gasteiger partial charge on any atom is -0.0871 e. The first-order chi connectivity index (χ1) is 6.59. The van der Waals surface area contributed by atoms with Gasteiger partial charge in [0.1, 0.15) is 0 Å². The van der Waals surface area contributed by atoms with Gasteiger partial charge in [-0.2, -0.15) is 0 Å². The number of benzene rings is 1. The highest BCUT2D eigenvalue weighted by Crippen LogP contribution is 2.22. The monoisotopic (exact) mass is 226 g/mol. The van der Waals surface area contributed by atoms with Gasteiger partial charge in [0.15, 0.2) is 0 Å². The molecule has 14 heavy (non-hydrogen) atoms. The number of hydrogen-bond acceptors (Lipinski definition) is 0. The van der Waals surface area contributed by atoms with Crippen LogP contribution in [0.2, 0.25) is 0 Å². The summed E-state index contributed by atoms with van der Waals surface area (Å²) in [5.41, 5.74) is 1.57. The third kappa shape index (κ3) is 4.07. The Bertz CT molecular complexity index is 250. The summed E-state index contributed by atoms with van der Waals surface area (Å²) in [6.07, 6.45) is 0. The summed E-state index contributed by atoms with van der Waals surface area (Å²) in [7, 11) is 1.93. The Kier molecular flexibility index (Phi) is 5.07. The quantitative estimate of drug-likeness (QED) is 0.692. The number of rotatable bonds is 4. The summed E-state index contributed by atoms with van der Waals surface area (Å²) in [5, 5.41) is 3.16. The van der Waals surface area contributed by atoms with Crippen LogP contribution in [0, 0.1) is 0 Å². The molecule has 78 valence electrons. The summed E-state index contributed by atoms with van der Waals surface area (Å²) in [5.74, 6) is 0. The molecule has 0 fully saturated rings. The van der Waals surface area contributed by atoms with Gasteiger partial charge in [-0.1, -0.05) is 69.1 Å². The molecule has 2 heteroatoms. The van der Waals surface area contributed by atoms with Crippen molar-refractivity contribution in [2.24, 2.45) is 0 Å². The van der Waals surface area contributed by atoms with Crippen LogP contribution in [-0.4, -0.2) is 11.3 Å². The zero-order chi connectivity index (χ0) is 10.6. The van der Waals surface area contributed by atoms with E-state index >= 15 is 0 Å². The normalized spacial score (nSPS) is 13.0. The average Bonchev–Trinajstić information content (AvgIpc) is 2.06. The Morgan fingerprint density at radius 2 is 1.14 bits per heavy atom. The van der Waals surface area contributed by atoms with Gasteiger partial charge in [-0.3, -0.25) is 0 Å². The lowest BCUT2D eigenvalue weighted by Gasteiger charge is -2.13. The highest BCUT2D eigenvalue weighted by molar-refractivity contribution is 7.55. The molecule has 0 saturated carbocycles. The molecule has 0 aliphatic rings. The van der Waals surface area contributed by atoms with E-state index in [0.29, 0.717) is 0 Å². The van der Waals surface area contributed by atoms with E-state index in [1.54, 1.807) is 10.6 Å². The van der Waals surface area contributed by atoms with E-state index in [2.05, 4.69) is 52.0 Å². The standard InChI is InChI=1S/C12H20P2/c1-9(2)13-11-7-5-6-8-12(11)14-10(3)4/h5-10,13-14H,1-4H3. The van der Waals surface area contributed by atoms with Crippen molar-refractivity contribution < 1.29 is 0 Å². The third-order valence-corrected chi connectivity index (χ3v) is 4.71. The summed E-state index contributed by atoms with van der Waals surface area (Å²) >= 11 is 0. The van der Waals surface area contributed by atoms with Crippen molar-refractivity contribution in [3.8, 4) is 0 Å². The maximum absolute atomic E-state index is 2.30. The Morgan fingerprint density at radius 3 is 1.43 bits per heavy atom. The van der Waals surface area contributed by atoms with Crippen molar-refractivity contribution in [1.82, 2.24) is 0 Å². The topological polar surface area (TPSA) is 0 Å². The second-order valence-corrected chi connectivity index (χ2v) is 8.11. The van der Waals surface area contributed by atoms with E-state index in [-0.39, 0.29) is 0 Å². The van der Waals surface area contributed by atoms with Crippen LogP contribution in [0.15, 0.2) is 24.3 Å². The molecule has 0 saturated heterocycles. The van der Waals surface area contributed by atoms with Gasteiger partial charge in [0, 0.05) is 0 Å². The predicted molar refractivity (Wildman–Crippen MR) is 72.6 cm³/mol. The highest BCUT2D eigenvalue weighted by atomic mass is 31.1. The molecule has 0 spiro atoms. The van der Waals surface area contributed by atoms with Gasteiger partial charge in [0.05, 0.1) is 0 Å². The summed E-state index contributed by atoms with van der Waals surface area (Å²) < 4.78 is 0. The molecule has 0 aliphatic heterocycles. The van der Waals surface area contributed by atoms with Crippen LogP contribution in [-0.2, 0) is 0 Å².